The number of aryl methyl sites for hydroxylation is 1. The fourth-order valence-corrected chi connectivity index (χ4v) is 3.99. The van der Waals surface area contributed by atoms with Gasteiger partial charge in [0.05, 0.1) is 31.6 Å². The number of fused-ring (bicyclic) bond motifs is 1. The number of rotatable bonds is 8. The van der Waals surface area contributed by atoms with Gasteiger partial charge in [-0.15, -0.1) is 4.21 Å². The largest absolute Gasteiger partial charge is 0.615 e. The zero-order chi connectivity index (χ0) is 22.7. The minimum Gasteiger partial charge on any atom is -0.615 e. The average molecular weight is 455 g/mol. The van der Waals surface area contributed by atoms with Crippen LogP contribution in [0, 0.1) is 5.82 Å². The summed E-state index contributed by atoms with van der Waals surface area (Å²) in [5.74, 6) is 0.985. The Morgan fingerprint density at radius 2 is 1.97 bits per heavy atom. The summed E-state index contributed by atoms with van der Waals surface area (Å²) < 4.78 is 49.6. The lowest BCUT2D eigenvalue weighted by molar-refractivity contribution is 0.306. The van der Waals surface area contributed by atoms with E-state index in [4.69, 9.17) is 9.47 Å². The molecule has 0 fully saturated rings. The maximum atomic E-state index is 13.8. The van der Waals surface area contributed by atoms with E-state index in [1.165, 1.54) is 18.4 Å². The van der Waals surface area contributed by atoms with Crippen LogP contribution in [-0.2, 0) is 27.6 Å². The van der Waals surface area contributed by atoms with E-state index in [1.54, 1.807) is 24.1 Å². The Bertz CT molecular complexity index is 1300. The second-order valence-corrected chi connectivity index (χ2v) is 9.81. The molecule has 8 heteroatoms. The summed E-state index contributed by atoms with van der Waals surface area (Å²) in [5.41, 5.74) is 3.29. The van der Waals surface area contributed by atoms with Gasteiger partial charge in [-0.1, -0.05) is 18.2 Å². The van der Waals surface area contributed by atoms with E-state index >= 15 is 0 Å². The summed E-state index contributed by atoms with van der Waals surface area (Å²) in [6, 6.07) is 17.7. The fourth-order valence-electron chi connectivity index (χ4n) is 3.49. The molecule has 1 atom stereocenters. The molecular formula is C24H23FN2O4S. The van der Waals surface area contributed by atoms with E-state index in [0.717, 1.165) is 22.0 Å². The molecule has 0 aliphatic heterocycles. The average Bonchev–Trinajstić information content (AvgIpc) is 3.18. The molecule has 32 heavy (non-hydrogen) atoms. The summed E-state index contributed by atoms with van der Waals surface area (Å²) in [6.45, 7) is 0.637. The van der Waals surface area contributed by atoms with Crippen LogP contribution in [-0.4, -0.2) is 33.5 Å². The van der Waals surface area contributed by atoms with Gasteiger partial charge in [0.2, 0.25) is 0 Å². The molecule has 4 aromatic rings. The fraction of sp³-hybridized carbons (Fsp3) is 0.208. The number of benzene rings is 3. The SMILES string of the molecule is COc1ccc(F)cc1-c1cccc(COc2ccc3c(cnn3CC[S+](C)(=O)[O-])c2)c1. The molecule has 0 radical (unpaired) electrons. The van der Waals surface area contributed by atoms with Gasteiger partial charge in [-0.2, -0.15) is 5.10 Å². The van der Waals surface area contributed by atoms with Crippen molar-refractivity contribution in [2.45, 2.75) is 13.2 Å². The molecular weight excluding hydrogens is 431 g/mol. The molecule has 0 saturated carbocycles. The van der Waals surface area contributed by atoms with E-state index in [0.29, 0.717) is 30.2 Å². The number of aromatic nitrogens is 2. The maximum absolute atomic E-state index is 13.8. The molecule has 0 spiro atoms. The topological polar surface area (TPSA) is 76.4 Å². The van der Waals surface area contributed by atoms with Crippen LogP contribution in [0.1, 0.15) is 5.56 Å². The molecule has 6 nitrogen and oxygen atoms in total. The number of sulfone groups is 1. The second kappa shape index (κ2) is 9.10. The Hall–Kier alpha value is -3.23. The van der Waals surface area contributed by atoms with Crippen LogP contribution in [0.15, 0.2) is 66.9 Å². The number of hydrogen-bond acceptors (Lipinski definition) is 5. The molecule has 3 aromatic carbocycles. The van der Waals surface area contributed by atoms with Crippen molar-refractivity contribution in [3.05, 3.63) is 78.2 Å². The Morgan fingerprint density at radius 1 is 1.12 bits per heavy atom. The monoisotopic (exact) mass is 454 g/mol. The predicted molar refractivity (Wildman–Crippen MR) is 122 cm³/mol. The molecule has 0 amide bonds. The predicted octanol–water partition coefficient (Wildman–Crippen LogP) is 4.69. The summed E-state index contributed by atoms with van der Waals surface area (Å²) in [6.07, 6.45) is 2.91. The van der Waals surface area contributed by atoms with Gasteiger partial charge < -0.3 is 14.0 Å². The summed E-state index contributed by atoms with van der Waals surface area (Å²) in [7, 11) is -1.50. The van der Waals surface area contributed by atoms with E-state index in [2.05, 4.69) is 5.10 Å². The van der Waals surface area contributed by atoms with E-state index in [-0.39, 0.29) is 11.6 Å². The van der Waals surface area contributed by atoms with Crippen molar-refractivity contribution in [1.82, 2.24) is 9.78 Å². The van der Waals surface area contributed by atoms with Gasteiger partial charge in [-0.25, -0.2) is 4.39 Å². The maximum Gasteiger partial charge on any atom is 0.128 e. The molecule has 1 unspecified atom stereocenters. The van der Waals surface area contributed by atoms with Gasteiger partial charge in [-0.3, -0.25) is 4.68 Å². The van der Waals surface area contributed by atoms with Crippen LogP contribution in [0.5, 0.6) is 11.5 Å². The first-order valence-corrected chi connectivity index (χ1v) is 12.1. The molecule has 4 rings (SSSR count). The van der Waals surface area contributed by atoms with Gasteiger partial charge in [0.1, 0.15) is 29.7 Å². The van der Waals surface area contributed by atoms with Gasteiger partial charge >= 0.3 is 0 Å². The summed E-state index contributed by atoms with van der Waals surface area (Å²) in [5, 5.41) is 5.15. The normalized spacial score (nSPS) is 13.1. The number of hydrogen-bond donors (Lipinski definition) is 0. The van der Waals surface area contributed by atoms with Gasteiger partial charge in [-0.05, 0) is 53.6 Å². The highest BCUT2D eigenvalue weighted by Gasteiger charge is 2.11. The zero-order valence-corrected chi connectivity index (χ0v) is 18.6. The van der Waals surface area contributed by atoms with Crippen LogP contribution in [0.3, 0.4) is 0 Å². The van der Waals surface area contributed by atoms with Crippen LogP contribution < -0.4 is 9.47 Å². The third kappa shape index (κ3) is 5.15. The van der Waals surface area contributed by atoms with Crippen molar-refractivity contribution in [2.24, 2.45) is 0 Å². The molecule has 0 N–H and O–H groups in total. The second-order valence-electron chi connectivity index (χ2n) is 7.55. The zero-order valence-electron chi connectivity index (χ0n) is 17.8. The highest BCUT2D eigenvalue weighted by atomic mass is 32.3. The Balaban J connectivity index is 1.49. The quantitative estimate of drug-likeness (QED) is 0.361. The Morgan fingerprint density at radius 3 is 2.75 bits per heavy atom. The first-order valence-electron chi connectivity index (χ1n) is 10.0. The van der Waals surface area contributed by atoms with Crippen molar-refractivity contribution in [3.63, 3.8) is 0 Å². The minimum absolute atomic E-state index is 0.0362. The van der Waals surface area contributed by atoms with E-state index in [1.807, 2.05) is 42.5 Å². The molecule has 1 heterocycles. The number of ether oxygens (including phenoxy) is 2. The lowest BCUT2D eigenvalue weighted by atomic mass is 10.0. The van der Waals surface area contributed by atoms with E-state index in [9.17, 15) is 13.2 Å². The Labute approximate surface area is 186 Å². The first-order chi connectivity index (χ1) is 15.3. The van der Waals surface area contributed by atoms with Crippen LogP contribution in [0.4, 0.5) is 4.39 Å². The summed E-state index contributed by atoms with van der Waals surface area (Å²) in [4.78, 5) is 0. The molecule has 0 aliphatic carbocycles. The highest BCUT2D eigenvalue weighted by molar-refractivity contribution is 7.96. The summed E-state index contributed by atoms with van der Waals surface area (Å²) >= 11 is 0. The van der Waals surface area contributed by atoms with Crippen molar-refractivity contribution in [1.29, 1.82) is 0 Å². The van der Waals surface area contributed by atoms with Crippen molar-refractivity contribution < 1.29 is 22.6 Å². The van der Waals surface area contributed by atoms with Gasteiger partial charge in [0, 0.05) is 21.2 Å². The number of nitrogens with zero attached hydrogens (tertiary/aromatic N) is 2. The standard InChI is InChI=1S/C24H23FN2O4S/c1-30-24-9-6-20(25)14-22(24)18-5-3-4-17(12-18)16-31-21-7-8-23-19(13-21)15-26-27(23)10-11-32(2,28)29/h3-9,12-15H,10-11,16H2,1-2H3. The number of methoxy groups -OCH3 is 1. The molecule has 1 aromatic heterocycles. The molecule has 0 saturated heterocycles. The van der Waals surface area contributed by atoms with Crippen molar-refractivity contribution in [2.75, 3.05) is 19.1 Å². The lowest BCUT2D eigenvalue weighted by Gasteiger charge is -2.11. The van der Waals surface area contributed by atoms with E-state index < -0.39 is 10.2 Å². The minimum atomic E-state index is -3.06. The first kappa shape index (κ1) is 22.0. The molecule has 0 aliphatic rings. The third-order valence-electron chi connectivity index (χ3n) is 5.09. The molecule has 0 bridgehead atoms. The number of halogens is 1. The highest BCUT2D eigenvalue weighted by Crippen LogP contribution is 2.31. The van der Waals surface area contributed by atoms with Crippen LogP contribution >= 0.6 is 0 Å². The van der Waals surface area contributed by atoms with Gasteiger partial charge in [0.25, 0.3) is 0 Å². The Kier molecular flexibility index (Phi) is 6.25. The lowest BCUT2D eigenvalue weighted by Crippen LogP contribution is -2.17. The van der Waals surface area contributed by atoms with Gasteiger partial charge in [0.15, 0.2) is 0 Å². The van der Waals surface area contributed by atoms with Crippen molar-refractivity contribution in [3.8, 4) is 22.6 Å². The van der Waals surface area contributed by atoms with Crippen LogP contribution in [0.25, 0.3) is 22.0 Å². The smallest absolute Gasteiger partial charge is 0.128 e. The van der Waals surface area contributed by atoms with Crippen molar-refractivity contribution >= 4 is 21.1 Å². The molecule has 166 valence electrons. The third-order valence-corrected chi connectivity index (χ3v) is 6.02. The van der Waals surface area contributed by atoms with Crippen LogP contribution in [0.2, 0.25) is 0 Å².